The van der Waals surface area contributed by atoms with E-state index in [0.29, 0.717) is 4.70 Å². The van der Waals surface area contributed by atoms with Crippen LogP contribution in [0.15, 0.2) is 12.1 Å². The van der Waals surface area contributed by atoms with Crippen LogP contribution in [0.2, 0.25) is 5.02 Å². The number of nitrogens with one attached hydrogen (secondary N) is 1. The average molecular weight is 320 g/mol. The van der Waals surface area contributed by atoms with Crippen LogP contribution in [0.4, 0.5) is 18.6 Å². The first kappa shape index (κ1) is 15.0. The van der Waals surface area contributed by atoms with Gasteiger partial charge in [-0.3, -0.25) is 5.32 Å². The standard InChI is InChI=1S/C13H12ClF2NO2S/c1-13(2,3)19-12(18)17-11-10(14)9-7(16)4-6(15)5-8(9)20-11/h4-5H,1-3H3,(H,17,18). The normalized spacial score (nSPS) is 11.7. The predicted octanol–water partition coefficient (Wildman–Crippen LogP) is 5.18. The van der Waals surface area contributed by atoms with E-state index in [4.69, 9.17) is 16.3 Å². The minimum absolute atomic E-state index is 0.0355. The number of thiophene rings is 1. The van der Waals surface area contributed by atoms with Crippen molar-refractivity contribution in [2.75, 3.05) is 5.32 Å². The molecule has 0 radical (unpaired) electrons. The lowest BCUT2D eigenvalue weighted by Crippen LogP contribution is -2.27. The molecule has 1 N–H and O–H groups in total. The van der Waals surface area contributed by atoms with Crippen LogP contribution in [-0.4, -0.2) is 11.7 Å². The van der Waals surface area contributed by atoms with Gasteiger partial charge < -0.3 is 4.74 Å². The Morgan fingerprint density at radius 2 is 2.00 bits per heavy atom. The third-order valence-corrected chi connectivity index (χ3v) is 3.81. The quantitative estimate of drug-likeness (QED) is 0.786. The molecule has 3 nitrogen and oxygen atoms in total. The Morgan fingerprint density at radius 3 is 2.60 bits per heavy atom. The molecule has 0 unspecified atom stereocenters. The van der Waals surface area contributed by atoms with Crippen LogP contribution < -0.4 is 5.32 Å². The van der Waals surface area contributed by atoms with Gasteiger partial charge in [0.1, 0.15) is 22.2 Å². The predicted molar refractivity (Wildman–Crippen MR) is 76.6 cm³/mol. The topological polar surface area (TPSA) is 38.3 Å². The molecule has 7 heteroatoms. The van der Waals surface area contributed by atoms with Gasteiger partial charge in [-0.1, -0.05) is 11.6 Å². The van der Waals surface area contributed by atoms with E-state index in [2.05, 4.69) is 5.32 Å². The lowest BCUT2D eigenvalue weighted by Gasteiger charge is -2.19. The molecule has 0 fully saturated rings. The molecule has 0 spiro atoms. The van der Waals surface area contributed by atoms with Gasteiger partial charge in [-0.2, -0.15) is 0 Å². The summed E-state index contributed by atoms with van der Waals surface area (Å²) in [7, 11) is 0. The molecule has 1 aromatic heterocycles. The summed E-state index contributed by atoms with van der Waals surface area (Å²) < 4.78 is 32.2. The number of ether oxygens (including phenoxy) is 1. The Bertz CT molecular complexity index is 679. The monoisotopic (exact) mass is 319 g/mol. The van der Waals surface area contributed by atoms with Crippen LogP contribution in [-0.2, 0) is 4.74 Å². The van der Waals surface area contributed by atoms with Gasteiger partial charge in [0.2, 0.25) is 0 Å². The summed E-state index contributed by atoms with van der Waals surface area (Å²) in [6.07, 6.45) is -0.702. The van der Waals surface area contributed by atoms with Gasteiger partial charge in [0.25, 0.3) is 0 Å². The molecular formula is C13H12ClF2NO2S. The smallest absolute Gasteiger partial charge is 0.412 e. The maximum absolute atomic E-state index is 13.7. The highest BCUT2D eigenvalue weighted by molar-refractivity contribution is 7.23. The van der Waals surface area contributed by atoms with Gasteiger partial charge in [-0.05, 0) is 26.8 Å². The molecule has 108 valence electrons. The minimum Gasteiger partial charge on any atom is -0.444 e. The molecule has 1 heterocycles. The zero-order chi connectivity index (χ0) is 15.1. The molecule has 2 rings (SSSR count). The van der Waals surface area contributed by atoms with Crippen molar-refractivity contribution in [3.63, 3.8) is 0 Å². The lowest BCUT2D eigenvalue weighted by molar-refractivity contribution is 0.0636. The first-order valence-electron chi connectivity index (χ1n) is 5.74. The molecule has 0 saturated heterocycles. The van der Waals surface area contributed by atoms with Crippen LogP contribution >= 0.6 is 22.9 Å². The van der Waals surface area contributed by atoms with Crippen molar-refractivity contribution in [1.82, 2.24) is 0 Å². The summed E-state index contributed by atoms with van der Waals surface area (Å²) in [5, 5.41) is 2.78. The van der Waals surface area contributed by atoms with Crippen molar-refractivity contribution in [2.45, 2.75) is 26.4 Å². The highest BCUT2D eigenvalue weighted by Gasteiger charge is 2.20. The number of amides is 1. The van der Waals surface area contributed by atoms with E-state index in [9.17, 15) is 13.6 Å². The van der Waals surface area contributed by atoms with Crippen molar-refractivity contribution in [3.05, 3.63) is 28.8 Å². The van der Waals surface area contributed by atoms with Crippen molar-refractivity contribution >= 4 is 44.1 Å². The van der Waals surface area contributed by atoms with Crippen molar-refractivity contribution in [3.8, 4) is 0 Å². The molecule has 1 amide bonds. The molecule has 0 aliphatic carbocycles. The highest BCUT2D eigenvalue weighted by atomic mass is 35.5. The number of anilines is 1. The second-order valence-corrected chi connectivity index (χ2v) is 6.56. The molecule has 0 bridgehead atoms. The minimum atomic E-state index is -0.765. The number of carbonyl (C=O) groups excluding carboxylic acids is 1. The van der Waals surface area contributed by atoms with E-state index in [1.807, 2.05) is 0 Å². The summed E-state index contributed by atoms with van der Waals surface area (Å²) >= 11 is 6.99. The summed E-state index contributed by atoms with van der Waals surface area (Å²) in [4.78, 5) is 11.7. The van der Waals surface area contributed by atoms with E-state index < -0.39 is 23.3 Å². The van der Waals surface area contributed by atoms with Gasteiger partial charge in [-0.15, -0.1) is 11.3 Å². The van der Waals surface area contributed by atoms with E-state index in [1.54, 1.807) is 20.8 Å². The Hall–Kier alpha value is -1.40. The fourth-order valence-corrected chi connectivity index (χ4v) is 3.02. The van der Waals surface area contributed by atoms with Crippen LogP contribution in [0.25, 0.3) is 10.1 Å². The molecule has 0 saturated carbocycles. The summed E-state index contributed by atoms with van der Waals surface area (Å²) in [6.45, 7) is 5.15. The number of benzene rings is 1. The van der Waals surface area contributed by atoms with Gasteiger partial charge >= 0.3 is 6.09 Å². The maximum atomic E-state index is 13.7. The molecule has 1 aromatic carbocycles. The van der Waals surface area contributed by atoms with Gasteiger partial charge in [0.05, 0.1) is 5.02 Å². The van der Waals surface area contributed by atoms with Gasteiger partial charge in [-0.25, -0.2) is 13.6 Å². The first-order valence-corrected chi connectivity index (χ1v) is 6.94. The molecule has 0 aliphatic heterocycles. The molecular weight excluding hydrogens is 308 g/mol. The molecule has 0 atom stereocenters. The number of carbonyl (C=O) groups is 1. The summed E-state index contributed by atoms with van der Waals surface area (Å²) in [5.74, 6) is -1.46. The fourth-order valence-electron chi connectivity index (χ4n) is 1.59. The van der Waals surface area contributed by atoms with E-state index in [-0.39, 0.29) is 15.4 Å². The van der Waals surface area contributed by atoms with Gasteiger partial charge in [0.15, 0.2) is 0 Å². The van der Waals surface area contributed by atoms with E-state index >= 15 is 0 Å². The Kier molecular flexibility index (Phi) is 3.88. The number of halogens is 3. The SMILES string of the molecule is CC(C)(C)OC(=O)Nc1sc2cc(F)cc(F)c2c1Cl. The van der Waals surface area contributed by atoms with E-state index in [0.717, 1.165) is 23.5 Å². The van der Waals surface area contributed by atoms with Crippen LogP contribution in [0.3, 0.4) is 0 Å². The Balaban J connectivity index is 2.34. The zero-order valence-electron chi connectivity index (χ0n) is 11.0. The Labute approximate surface area is 123 Å². The van der Waals surface area contributed by atoms with E-state index in [1.165, 1.54) is 0 Å². The first-order chi connectivity index (χ1) is 9.17. The number of hydrogen-bond donors (Lipinski definition) is 1. The third kappa shape index (κ3) is 3.19. The van der Waals surface area contributed by atoms with Crippen molar-refractivity contribution in [1.29, 1.82) is 0 Å². The summed E-state index contributed by atoms with van der Waals surface area (Å²) in [5.41, 5.74) is -0.662. The second kappa shape index (κ2) is 5.18. The zero-order valence-corrected chi connectivity index (χ0v) is 12.6. The largest absolute Gasteiger partial charge is 0.444 e. The van der Waals surface area contributed by atoms with Crippen molar-refractivity contribution in [2.24, 2.45) is 0 Å². The Morgan fingerprint density at radius 1 is 1.35 bits per heavy atom. The van der Waals surface area contributed by atoms with Gasteiger partial charge in [0, 0.05) is 16.2 Å². The number of rotatable bonds is 1. The average Bonchev–Trinajstić information content (AvgIpc) is 2.52. The second-order valence-electron chi connectivity index (χ2n) is 5.13. The number of hydrogen-bond acceptors (Lipinski definition) is 3. The van der Waals surface area contributed by atoms with Crippen LogP contribution in [0.5, 0.6) is 0 Å². The lowest BCUT2D eigenvalue weighted by atomic mass is 10.2. The van der Waals surface area contributed by atoms with Crippen LogP contribution in [0, 0.1) is 11.6 Å². The molecule has 2 aromatic rings. The highest BCUT2D eigenvalue weighted by Crippen LogP contribution is 2.41. The molecule has 0 aliphatic rings. The van der Waals surface area contributed by atoms with Crippen molar-refractivity contribution < 1.29 is 18.3 Å². The number of fused-ring (bicyclic) bond motifs is 1. The fraction of sp³-hybridized carbons (Fsp3) is 0.308. The third-order valence-electron chi connectivity index (χ3n) is 2.26. The van der Waals surface area contributed by atoms with Crippen LogP contribution in [0.1, 0.15) is 20.8 Å². The maximum Gasteiger partial charge on any atom is 0.412 e. The summed E-state index contributed by atoms with van der Waals surface area (Å²) in [6, 6.07) is 1.91. The molecule has 20 heavy (non-hydrogen) atoms.